The summed E-state index contributed by atoms with van der Waals surface area (Å²) in [6.45, 7) is 3.86. The normalized spacial score (nSPS) is 21.7. The SMILES string of the molecule is CCC1CCN(C(CN)c2cc(F)cc(C(F)(F)F)c2)C1. The lowest BCUT2D eigenvalue weighted by molar-refractivity contribution is -0.137. The van der Waals surface area contributed by atoms with Gasteiger partial charge in [0.25, 0.3) is 0 Å². The van der Waals surface area contributed by atoms with E-state index in [2.05, 4.69) is 11.8 Å². The second-order valence-electron chi connectivity index (χ2n) is 5.58. The van der Waals surface area contributed by atoms with Crippen LogP contribution >= 0.6 is 0 Å². The minimum absolute atomic E-state index is 0.178. The summed E-state index contributed by atoms with van der Waals surface area (Å²) in [5.41, 5.74) is 5.09. The smallest absolute Gasteiger partial charge is 0.329 e. The van der Waals surface area contributed by atoms with Gasteiger partial charge in [0.05, 0.1) is 5.56 Å². The summed E-state index contributed by atoms with van der Waals surface area (Å²) in [6, 6.07) is 2.33. The lowest BCUT2D eigenvalue weighted by Crippen LogP contribution is -2.32. The highest BCUT2D eigenvalue weighted by Gasteiger charge is 2.33. The zero-order chi connectivity index (χ0) is 15.6. The van der Waals surface area contributed by atoms with Crippen LogP contribution in [0.1, 0.15) is 36.9 Å². The van der Waals surface area contributed by atoms with Gasteiger partial charge in [-0.05, 0) is 42.6 Å². The molecule has 21 heavy (non-hydrogen) atoms. The van der Waals surface area contributed by atoms with Gasteiger partial charge in [-0.3, -0.25) is 4.90 Å². The topological polar surface area (TPSA) is 29.3 Å². The number of alkyl halides is 3. The molecule has 0 spiro atoms. The fraction of sp³-hybridized carbons (Fsp3) is 0.600. The molecular formula is C15H20F4N2. The van der Waals surface area contributed by atoms with E-state index in [0.29, 0.717) is 17.5 Å². The largest absolute Gasteiger partial charge is 0.416 e. The number of nitrogens with zero attached hydrogens (tertiary/aromatic N) is 1. The van der Waals surface area contributed by atoms with Crippen LogP contribution in [0, 0.1) is 11.7 Å². The van der Waals surface area contributed by atoms with Crippen molar-refractivity contribution in [1.29, 1.82) is 0 Å². The molecule has 0 saturated carbocycles. The second kappa shape index (κ2) is 6.32. The summed E-state index contributed by atoms with van der Waals surface area (Å²) in [6.07, 6.45) is -2.51. The van der Waals surface area contributed by atoms with Crippen LogP contribution < -0.4 is 5.73 Å². The summed E-state index contributed by atoms with van der Waals surface area (Å²) >= 11 is 0. The molecule has 0 amide bonds. The summed E-state index contributed by atoms with van der Waals surface area (Å²) in [5.74, 6) is -0.334. The molecule has 6 heteroatoms. The van der Waals surface area contributed by atoms with E-state index in [1.54, 1.807) is 0 Å². The van der Waals surface area contributed by atoms with Gasteiger partial charge in [-0.15, -0.1) is 0 Å². The molecule has 0 aromatic heterocycles. The van der Waals surface area contributed by atoms with Gasteiger partial charge in [0.1, 0.15) is 5.82 Å². The van der Waals surface area contributed by atoms with Gasteiger partial charge in [0.15, 0.2) is 0 Å². The Balaban J connectivity index is 2.28. The first-order valence-electron chi connectivity index (χ1n) is 7.17. The van der Waals surface area contributed by atoms with Gasteiger partial charge < -0.3 is 5.73 Å². The first-order valence-corrected chi connectivity index (χ1v) is 7.17. The minimum Gasteiger partial charge on any atom is -0.329 e. The Morgan fingerprint density at radius 1 is 1.33 bits per heavy atom. The van der Waals surface area contributed by atoms with Gasteiger partial charge in [0, 0.05) is 19.1 Å². The summed E-state index contributed by atoms with van der Waals surface area (Å²) in [4.78, 5) is 2.06. The average molecular weight is 304 g/mol. The molecule has 2 N–H and O–H groups in total. The predicted octanol–water partition coefficient (Wildman–Crippen LogP) is 3.58. The van der Waals surface area contributed by atoms with E-state index in [1.165, 1.54) is 0 Å². The van der Waals surface area contributed by atoms with Crippen molar-refractivity contribution in [3.8, 4) is 0 Å². The quantitative estimate of drug-likeness (QED) is 0.862. The van der Waals surface area contributed by atoms with Gasteiger partial charge in [-0.1, -0.05) is 13.3 Å². The van der Waals surface area contributed by atoms with Crippen molar-refractivity contribution < 1.29 is 17.6 Å². The van der Waals surface area contributed by atoms with E-state index < -0.39 is 17.6 Å². The third-order valence-corrected chi connectivity index (χ3v) is 4.19. The van der Waals surface area contributed by atoms with Crippen LogP contribution in [0.4, 0.5) is 17.6 Å². The Morgan fingerprint density at radius 3 is 2.57 bits per heavy atom. The van der Waals surface area contributed by atoms with E-state index in [-0.39, 0.29) is 12.6 Å². The standard InChI is InChI=1S/C15H20F4N2/c1-2-10-3-4-21(9-10)14(8-20)11-5-12(15(17,18)19)7-13(16)6-11/h5-7,10,14H,2-4,8-9,20H2,1H3. The van der Waals surface area contributed by atoms with Crippen LogP contribution in [0.5, 0.6) is 0 Å². The van der Waals surface area contributed by atoms with Gasteiger partial charge >= 0.3 is 6.18 Å². The van der Waals surface area contributed by atoms with Crippen molar-refractivity contribution in [3.63, 3.8) is 0 Å². The Hall–Kier alpha value is -1.14. The molecule has 1 heterocycles. The van der Waals surface area contributed by atoms with Crippen LogP contribution in [0.3, 0.4) is 0 Å². The number of hydrogen-bond acceptors (Lipinski definition) is 2. The maximum Gasteiger partial charge on any atom is 0.416 e. The van der Waals surface area contributed by atoms with Crippen LogP contribution in [-0.2, 0) is 6.18 Å². The molecule has 118 valence electrons. The van der Waals surface area contributed by atoms with E-state index in [4.69, 9.17) is 5.73 Å². The van der Waals surface area contributed by atoms with E-state index in [0.717, 1.165) is 38.1 Å². The molecule has 2 atom stereocenters. The molecule has 1 fully saturated rings. The van der Waals surface area contributed by atoms with Gasteiger partial charge in [-0.25, -0.2) is 4.39 Å². The maximum atomic E-state index is 13.5. The zero-order valence-corrected chi connectivity index (χ0v) is 12.0. The van der Waals surface area contributed by atoms with Crippen LogP contribution in [0.15, 0.2) is 18.2 Å². The number of likely N-dealkylation sites (tertiary alicyclic amines) is 1. The number of hydrogen-bond donors (Lipinski definition) is 1. The highest BCUT2D eigenvalue weighted by molar-refractivity contribution is 5.29. The first kappa shape index (κ1) is 16.2. The molecule has 2 rings (SSSR count). The molecule has 1 aliphatic rings. The lowest BCUT2D eigenvalue weighted by atomic mass is 10.0. The Morgan fingerprint density at radius 2 is 2.05 bits per heavy atom. The highest BCUT2D eigenvalue weighted by atomic mass is 19.4. The molecule has 0 bridgehead atoms. The van der Waals surface area contributed by atoms with E-state index >= 15 is 0 Å². The van der Waals surface area contributed by atoms with Crippen molar-refractivity contribution in [3.05, 3.63) is 35.1 Å². The van der Waals surface area contributed by atoms with Gasteiger partial charge in [-0.2, -0.15) is 13.2 Å². The van der Waals surface area contributed by atoms with E-state index in [9.17, 15) is 17.6 Å². The molecule has 1 aromatic rings. The average Bonchev–Trinajstić information content (AvgIpc) is 2.87. The number of rotatable bonds is 4. The lowest BCUT2D eigenvalue weighted by Gasteiger charge is -2.27. The highest BCUT2D eigenvalue weighted by Crippen LogP contribution is 2.34. The molecular weight excluding hydrogens is 284 g/mol. The van der Waals surface area contributed by atoms with Crippen LogP contribution in [-0.4, -0.2) is 24.5 Å². The summed E-state index contributed by atoms with van der Waals surface area (Å²) in [5, 5.41) is 0. The number of benzene rings is 1. The zero-order valence-electron chi connectivity index (χ0n) is 12.0. The number of nitrogens with two attached hydrogens (primary N) is 1. The molecule has 1 saturated heterocycles. The predicted molar refractivity (Wildman–Crippen MR) is 73.2 cm³/mol. The Bertz CT molecular complexity index is 487. The van der Waals surface area contributed by atoms with Crippen LogP contribution in [0.25, 0.3) is 0 Å². The number of halogens is 4. The Kier molecular flexibility index (Phi) is 4.88. The monoisotopic (exact) mass is 304 g/mol. The van der Waals surface area contributed by atoms with Crippen molar-refractivity contribution in [2.24, 2.45) is 11.7 Å². The van der Waals surface area contributed by atoms with E-state index in [1.807, 2.05) is 0 Å². The third-order valence-electron chi connectivity index (χ3n) is 4.19. The third kappa shape index (κ3) is 3.74. The molecule has 2 nitrogen and oxygen atoms in total. The summed E-state index contributed by atoms with van der Waals surface area (Å²) in [7, 11) is 0. The maximum absolute atomic E-state index is 13.5. The molecule has 2 unspecified atom stereocenters. The first-order chi connectivity index (χ1) is 9.85. The second-order valence-corrected chi connectivity index (χ2v) is 5.58. The van der Waals surface area contributed by atoms with Crippen LogP contribution in [0.2, 0.25) is 0 Å². The van der Waals surface area contributed by atoms with Crippen molar-refractivity contribution in [2.75, 3.05) is 19.6 Å². The fourth-order valence-electron chi connectivity index (χ4n) is 2.94. The molecule has 0 aliphatic carbocycles. The molecule has 1 aromatic carbocycles. The van der Waals surface area contributed by atoms with Crippen molar-refractivity contribution in [1.82, 2.24) is 4.90 Å². The van der Waals surface area contributed by atoms with Crippen molar-refractivity contribution in [2.45, 2.75) is 32.0 Å². The molecule has 0 radical (unpaired) electrons. The molecule has 1 aliphatic heterocycles. The van der Waals surface area contributed by atoms with Gasteiger partial charge in [0.2, 0.25) is 0 Å². The van der Waals surface area contributed by atoms with Crippen molar-refractivity contribution >= 4 is 0 Å². The fourth-order valence-corrected chi connectivity index (χ4v) is 2.94. The summed E-state index contributed by atoms with van der Waals surface area (Å²) < 4.78 is 51.9. The minimum atomic E-state index is -4.55. The Labute approximate surface area is 121 Å².